The van der Waals surface area contributed by atoms with Crippen LogP contribution in [0.15, 0.2) is 41.7 Å². The summed E-state index contributed by atoms with van der Waals surface area (Å²) in [7, 11) is 0. The van der Waals surface area contributed by atoms with E-state index in [-0.39, 0.29) is 43.0 Å². The van der Waals surface area contributed by atoms with Crippen LogP contribution >= 0.6 is 11.5 Å². The summed E-state index contributed by atoms with van der Waals surface area (Å²) in [6.45, 7) is 2.25. The topological polar surface area (TPSA) is 189 Å². The number of hydrogen-bond acceptors (Lipinski definition) is 11. The van der Waals surface area contributed by atoms with Crippen molar-refractivity contribution in [1.82, 2.24) is 29.2 Å². The van der Waals surface area contributed by atoms with E-state index < -0.39 is 40.5 Å². The Bertz CT molecular complexity index is 1650. The summed E-state index contributed by atoms with van der Waals surface area (Å²) in [5.74, 6) is -1.85. The van der Waals surface area contributed by atoms with Crippen molar-refractivity contribution in [2.24, 2.45) is 11.7 Å². The Morgan fingerprint density at radius 1 is 1.26 bits per heavy atom. The lowest BCUT2D eigenvalue weighted by Gasteiger charge is -2.39. The lowest BCUT2D eigenvalue weighted by atomic mass is 9.98. The quantitative estimate of drug-likeness (QED) is 0.238. The molecule has 13 nitrogen and oxygen atoms in total. The van der Waals surface area contributed by atoms with Gasteiger partial charge in [0.05, 0.1) is 35.7 Å². The molecule has 0 saturated carbocycles. The van der Waals surface area contributed by atoms with Gasteiger partial charge in [-0.15, -0.1) is 0 Å². The van der Waals surface area contributed by atoms with Gasteiger partial charge in [0.1, 0.15) is 17.7 Å². The van der Waals surface area contributed by atoms with Crippen LogP contribution in [-0.2, 0) is 17.5 Å². The lowest BCUT2D eigenvalue weighted by Crippen LogP contribution is -2.54. The van der Waals surface area contributed by atoms with Crippen LogP contribution in [0.25, 0.3) is 16.2 Å². The first-order valence-corrected chi connectivity index (χ1v) is 13.2. The van der Waals surface area contributed by atoms with Crippen LogP contribution in [0.5, 0.6) is 0 Å². The minimum absolute atomic E-state index is 0.0972. The van der Waals surface area contributed by atoms with Gasteiger partial charge in [-0.2, -0.15) is 17.5 Å². The number of aryl methyl sites for hydroxylation is 1. The molecular formula is C25H25F3N8O5S. The Morgan fingerprint density at radius 2 is 1.98 bits per heavy atom. The number of halogens is 3. The van der Waals surface area contributed by atoms with Crippen molar-refractivity contribution in [1.29, 1.82) is 0 Å². The van der Waals surface area contributed by atoms with Crippen LogP contribution < -0.4 is 21.4 Å². The third-order valence-corrected chi connectivity index (χ3v) is 6.92. The summed E-state index contributed by atoms with van der Waals surface area (Å²) in [4.78, 5) is 51.3. The van der Waals surface area contributed by atoms with E-state index in [2.05, 4.69) is 24.6 Å². The lowest BCUT2D eigenvalue weighted by molar-refractivity contribution is -0.139. The van der Waals surface area contributed by atoms with Crippen molar-refractivity contribution in [3.05, 3.63) is 69.5 Å². The van der Waals surface area contributed by atoms with Crippen molar-refractivity contribution in [3.63, 3.8) is 0 Å². The number of aliphatic hydroxyl groups is 1. The second-order valence-electron chi connectivity index (χ2n) is 9.09. The van der Waals surface area contributed by atoms with Crippen LogP contribution in [-0.4, -0.2) is 72.2 Å². The molecule has 17 heteroatoms. The number of carbonyl (C=O) groups excluding carboxylic acids is 1. The SMILES string of the molecule is Cc1cc(N2CC(C(=O)NCc3ncccc3C(F)(F)F)C2)nc2c1c(=O)c(C(=O)O)cn2-c1ncns1.NCCO. The molecule has 0 spiro atoms. The molecule has 0 aliphatic carbocycles. The second-order valence-corrected chi connectivity index (χ2v) is 9.85. The molecule has 5 heterocycles. The van der Waals surface area contributed by atoms with Crippen molar-refractivity contribution < 1.29 is 33.0 Å². The Kier molecular flexibility index (Phi) is 9.13. The Labute approximate surface area is 239 Å². The maximum Gasteiger partial charge on any atom is 0.418 e. The Balaban J connectivity index is 0.000000952. The van der Waals surface area contributed by atoms with Crippen molar-refractivity contribution >= 4 is 40.3 Å². The maximum atomic E-state index is 13.2. The number of aliphatic hydroxyl groups excluding tert-OH is 1. The van der Waals surface area contributed by atoms with Crippen LogP contribution in [0.4, 0.5) is 19.0 Å². The fourth-order valence-electron chi connectivity index (χ4n) is 4.19. The molecule has 0 atom stereocenters. The predicted molar refractivity (Wildman–Crippen MR) is 145 cm³/mol. The first-order chi connectivity index (χ1) is 20.0. The standard InChI is InChI=1S/C23H18F3N7O4S.C2H7NO/c1-11-5-16(31-19-17(11)18(34)13(21(36)37)9-33(19)22-29-10-30-38-22)32-7-12(8-32)20(35)28-6-15-14(23(24,25)26)3-2-4-27-15;3-1-2-4/h2-5,9-10,12H,6-8H2,1H3,(H,28,35)(H,36,37);4H,1-3H2. The third kappa shape index (κ3) is 6.37. The molecule has 1 saturated heterocycles. The first-order valence-electron chi connectivity index (χ1n) is 12.4. The van der Waals surface area contributed by atoms with E-state index in [1.54, 1.807) is 17.9 Å². The van der Waals surface area contributed by atoms with Gasteiger partial charge in [-0.25, -0.2) is 14.8 Å². The van der Waals surface area contributed by atoms with E-state index in [4.69, 9.17) is 10.8 Å². The van der Waals surface area contributed by atoms with Crippen molar-refractivity contribution in [2.75, 3.05) is 31.1 Å². The number of carboxylic acids is 1. The minimum atomic E-state index is -4.58. The molecule has 1 fully saturated rings. The molecule has 0 bridgehead atoms. The number of pyridine rings is 3. The van der Waals surface area contributed by atoms with Gasteiger partial charge in [-0.3, -0.25) is 19.1 Å². The van der Waals surface area contributed by atoms with Gasteiger partial charge in [0.2, 0.25) is 16.5 Å². The number of fused-ring (bicyclic) bond motifs is 1. The highest BCUT2D eigenvalue weighted by Gasteiger charge is 2.36. The molecule has 222 valence electrons. The van der Waals surface area contributed by atoms with Gasteiger partial charge in [-0.05, 0) is 30.7 Å². The molecule has 0 unspecified atom stereocenters. The number of amides is 1. The molecule has 42 heavy (non-hydrogen) atoms. The number of aromatic nitrogens is 5. The number of anilines is 1. The molecule has 1 amide bonds. The molecule has 4 aromatic heterocycles. The first kappa shape index (κ1) is 30.5. The second kappa shape index (κ2) is 12.6. The number of carbonyl (C=O) groups is 2. The Hall–Kier alpha value is -4.48. The fraction of sp³-hybridized carbons (Fsp3) is 0.320. The number of carboxylic acid groups (broad SMARTS) is 1. The van der Waals surface area contributed by atoms with Crippen LogP contribution in [0.3, 0.4) is 0 Å². The predicted octanol–water partition coefficient (Wildman–Crippen LogP) is 1.35. The summed E-state index contributed by atoms with van der Waals surface area (Å²) in [6.07, 6.45) is -0.899. The van der Waals surface area contributed by atoms with E-state index in [0.717, 1.165) is 23.8 Å². The van der Waals surface area contributed by atoms with E-state index in [0.29, 0.717) is 23.1 Å². The number of aromatic carboxylic acids is 1. The number of nitrogens with one attached hydrogen (secondary N) is 1. The van der Waals surface area contributed by atoms with Gasteiger partial charge < -0.3 is 26.2 Å². The van der Waals surface area contributed by atoms with E-state index >= 15 is 0 Å². The van der Waals surface area contributed by atoms with Crippen LogP contribution in [0.1, 0.15) is 27.2 Å². The summed E-state index contributed by atoms with van der Waals surface area (Å²) < 4.78 is 44.8. The minimum Gasteiger partial charge on any atom is -0.477 e. The number of nitrogens with two attached hydrogens (primary N) is 1. The van der Waals surface area contributed by atoms with Crippen LogP contribution in [0, 0.1) is 12.8 Å². The molecule has 5 N–H and O–H groups in total. The van der Waals surface area contributed by atoms with Gasteiger partial charge >= 0.3 is 12.1 Å². The molecule has 5 rings (SSSR count). The zero-order valence-corrected chi connectivity index (χ0v) is 22.8. The normalized spacial score (nSPS) is 13.3. The van der Waals surface area contributed by atoms with Crippen molar-refractivity contribution in [3.8, 4) is 5.13 Å². The third-order valence-electron chi connectivity index (χ3n) is 6.26. The van der Waals surface area contributed by atoms with E-state index in [9.17, 15) is 32.7 Å². The molecule has 1 aliphatic heterocycles. The number of alkyl halides is 3. The van der Waals surface area contributed by atoms with Gasteiger partial charge in [0.25, 0.3) is 0 Å². The van der Waals surface area contributed by atoms with Gasteiger partial charge in [-0.1, -0.05) is 0 Å². The molecule has 4 aromatic rings. The van der Waals surface area contributed by atoms with Gasteiger partial charge in [0, 0.05) is 43.6 Å². The number of rotatable bonds is 7. The summed E-state index contributed by atoms with van der Waals surface area (Å²) in [5, 5.41) is 20.2. The molecule has 1 aliphatic rings. The van der Waals surface area contributed by atoms with Crippen LogP contribution in [0.2, 0.25) is 0 Å². The van der Waals surface area contributed by atoms with E-state index in [1.807, 2.05) is 0 Å². The smallest absolute Gasteiger partial charge is 0.418 e. The highest BCUT2D eigenvalue weighted by atomic mass is 32.1. The molecular weight excluding hydrogens is 581 g/mol. The number of nitrogens with zero attached hydrogens (tertiary/aromatic N) is 6. The molecule has 0 radical (unpaired) electrons. The highest BCUT2D eigenvalue weighted by Crippen LogP contribution is 2.31. The average molecular weight is 607 g/mol. The maximum absolute atomic E-state index is 13.2. The number of hydrogen-bond donors (Lipinski definition) is 4. The molecule has 0 aromatic carbocycles. The summed E-state index contributed by atoms with van der Waals surface area (Å²) in [6, 6.07) is 3.72. The van der Waals surface area contributed by atoms with Gasteiger partial charge in [0.15, 0.2) is 5.65 Å². The highest BCUT2D eigenvalue weighted by molar-refractivity contribution is 7.08. The van der Waals surface area contributed by atoms with E-state index in [1.165, 1.54) is 23.2 Å². The van der Waals surface area contributed by atoms with Crippen molar-refractivity contribution in [2.45, 2.75) is 19.6 Å². The largest absolute Gasteiger partial charge is 0.477 e. The summed E-state index contributed by atoms with van der Waals surface area (Å²) in [5.41, 5.74) is 3.16. The fourth-order valence-corrected chi connectivity index (χ4v) is 4.70. The monoisotopic (exact) mass is 606 g/mol. The zero-order valence-electron chi connectivity index (χ0n) is 22.0. The average Bonchev–Trinajstić information content (AvgIpc) is 3.45. The zero-order chi connectivity index (χ0) is 30.6. The Morgan fingerprint density at radius 3 is 2.57 bits per heavy atom. The summed E-state index contributed by atoms with van der Waals surface area (Å²) >= 11 is 0.992.